The Kier molecular flexibility index (Phi) is 5.08. The normalized spacial score (nSPS) is 18.7. The Morgan fingerprint density at radius 1 is 1.15 bits per heavy atom. The van der Waals surface area contributed by atoms with Gasteiger partial charge in [0.2, 0.25) is 15.9 Å². The second-order valence-electron chi connectivity index (χ2n) is 6.32. The van der Waals surface area contributed by atoms with E-state index in [2.05, 4.69) is 5.32 Å². The lowest BCUT2D eigenvalue weighted by molar-refractivity contribution is -0.119. The number of carbonyl (C=O) groups is 2. The fourth-order valence-electron chi connectivity index (χ4n) is 2.93. The van der Waals surface area contributed by atoms with Crippen molar-refractivity contribution >= 4 is 27.5 Å². The summed E-state index contributed by atoms with van der Waals surface area (Å²) in [4.78, 5) is 24.5. The van der Waals surface area contributed by atoms with Crippen molar-refractivity contribution in [2.75, 3.05) is 16.6 Å². The number of hydrogen-bond donors (Lipinski definition) is 1. The fraction of sp³-hybridized carbons (Fsp3) is 0.263. The molecule has 0 saturated carbocycles. The fourth-order valence-corrected chi connectivity index (χ4v) is 4.74. The summed E-state index contributed by atoms with van der Waals surface area (Å²) in [7, 11) is -3.68. The van der Waals surface area contributed by atoms with Crippen LogP contribution in [-0.2, 0) is 21.2 Å². The van der Waals surface area contributed by atoms with Gasteiger partial charge in [0.15, 0.2) is 0 Å². The molecule has 136 valence electrons. The Balaban J connectivity index is 1.71. The lowest BCUT2D eigenvalue weighted by atomic mass is 10.1. The zero-order valence-electron chi connectivity index (χ0n) is 14.4. The Hall–Kier alpha value is -2.67. The summed E-state index contributed by atoms with van der Waals surface area (Å²) in [5.74, 6) is -1.56. The summed E-state index contributed by atoms with van der Waals surface area (Å²) in [6.45, 7) is 2.05. The molecule has 1 aliphatic rings. The first-order valence-electron chi connectivity index (χ1n) is 8.37. The minimum Gasteiger partial charge on any atom is -0.352 e. The third-order valence-corrected chi connectivity index (χ3v) is 6.11. The minimum atomic E-state index is -3.68. The standard InChI is InChI=1S/C19H20N2O4S/c1-14-13-26(24,25)21(19(14)23)17-9-5-8-16(12-17)18(22)20-11-10-15-6-3-2-4-7-15/h2-9,12,14H,10-11,13H2,1H3,(H,20,22)/t14-/m0/s1. The van der Waals surface area contributed by atoms with E-state index in [1.807, 2.05) is 30.3 Å². The van der Waals surface area contributed by atoms with Gasteiger partial charge < -0.3 is 5.32 Å². The largest absolute Gasteiger partial charge is 0.352 e. The van der Waals surface area contributed by atoms with E-state index < -0.39 is 21.8 Å². The van der Waals surface area contributed by atoms with Crippen molar-refractivity contribution in [3.63, 3.8) is 0 Å². The molecule has 0 spiro atoms. The summed E-state index contributed by atoms with van der Waals surface area (Å²) >= 11 is 0. The molecule has 1 fully saturated rings. The molecule has 0 radical (unpaired) electrons. The van der Waals surface area contributed by atoms with Crippen molar-refractivity contribution in [3.05, 3.63) is 65.7 Å². The Bertz CT molecular complexity index is 926. The average Bonchev–Trinajstić information content (AvgIpc) is 2.83. The SMILES string of the molecule is C[C@H]1CS(=O)(=O)N(c2cccc(C(=O)NCCc3ccccc3)c2)C1=O. The topological polar surface area (TPSA) is 83.6 Å². The second-order valence-corrected chi connectivity index (χ2v) is 8.19. The van der Waals surface area contributed by atoms with Gasteiger partial charge in [0.1, 0.15) is 0 Å². The van der Waals surface area contributed by atoms with Gasteiger partial charge in [0.05, 0.1) is 17.4 Å². The summed E-state index contributed by atoms with van der Waals surface area (Å²) in [5.41, 5.74) is 1.64. The van der Waals surface area contributed by atoms with E-state index in [0.29, 0.717) is 18.5 Å². The molecule has 1 N–H and O–H groups in total. The number of nitrogens with zero attached hydrogens (tertiary/aromatic N) is 1. The summed E-state index contributed by atoms with van der Waals surface area (Å²) in [6.07, 6.45) is 0.697. The molecule has 0 aromatic heterocycles. The molecular formula is C19H20N2O4S. The van der Waals surface area contributed by atoms with Gasteiger partial charge in [-0.25, -0.2) is 12.7 Å². The highest BCUT2D eigenvalue weighted by Crippen LogP contribution is 2.28. The highest BCUT2D eigenvalue weighted by molar-refractivity contribution is 7.94. The van der Waals surface area contributed by atoms with Crippen molar-refractivity contribution < 1.29 is 18.0 Å². The Labute approximate surface area is 152 Å². The predicted octanol–water partition coefficient (Wildman–Crippen LogP) is 1.97. The molecule has 1 saturated heterocycles. The maximum absolute atomic E-state index is 12.3. The number of sulfonamides is 1. The molecule has 0 aliphatic carbocycles. The quantitative estimate of drug-likeness (QED) is 0.870. The highest BCUT2D eigenvalue weighted by atomic mass is 32.2. The minimum absolute atomic E-state index is 0.204. The van der Waals surface area contributed by atoms with Gasteiger partial charge in [-0.3, -0.25) is 9.59 Å². The van der Waals surface area contributed by atoms with Gasteiger partial charge in [-0.2, -0.15) is 0 Å². The van der Waals surface area contributed by atoms with Gasteiger partial charge in [0, 0.05) is 12.1 Å². The molecule has 2 aromatic carbocycles. The van der Waals surface area contributed by atoms with Crippen LogP contribution < -0.4 is 9.62 Å². The van der Waals surface area contributed by atoms with Crippen LogP contribution in [-0.4, -0.2) is 32.5 Å². The van der Waals surface area contributed by atoms with Crippen molar-refractivity contribution in [3.8, 4) is 0 Å². The van der Waals surface area contributed by atoms with E-state index in [4.69, 9.17) is 0 Å². The van der Waals surface area contributed by atoms with Crippen LogP contribution in [0.3, 0.4) is 0 Å². The average molecular weight is 372 g/mol. The van der Waals surface area contributed by atoms with Gasteiger partial charge in [0.25, 0.3) is 5.91 Å². The molecule has 2 aromatic rings. The number of benzene rings is 2. The molecule has 26 heavy (non-hydrogen) atoms. The number of carbonyl (C=O) groups excluding carboxylic acids is 2. The number of nitrogens with one attached hydrogen (secondary N) is 1. The van der Waals surface area contributed by atoms with E-state index in [1.54, 1.807) is 19.1 Å². The third kappa shape index (κ3) is 3.77. The zero-order valence-corrected chi connectivity index (χ0v) is 15.2. The van der Waals surface area contributed by atoms with E-state index in [-0.39, 0.29) is 17.3 Å². The molecule has 1 heterocycles. The van der Waals surface area contributed by atoms with Crippen molar-refractivity contribution in [1.29, 1.82) is 0 Å². The first kappa shape index (κ1) is 18.1. The lowest BCUT2D eigenvalue weighted by Crippen LogP contribution is -2.31. The van der Waals surface area contributed by atoms with Gasteiger partial charge in [-0.1, -0.05) is 43.3 Å². The highest BCUT2D eigenvalue weighted by Gasteiger charge is 2.42. The molecule has 7 heteroatoms. The van der Waals surface area contributed by atoms with Crippen LogP contribution in [0, 0.1) is 5.92 Å². The molecular weight excluding hydrogens is 352 g/mol. The van der Waals surface area contributed by atoms with Crippen LogP contribution in [0.1, 0.15) is 22.8 Å². The smallest absolute Gasteiger partial charge is 0.251 e. The number of amides is 2. The van der Waals surface area contributed by atoms with Crippen molar-refractivity contribution in [1.82, 2.24) is 5.32 Å². The molecule has 3 rings (SSSR count). The molecule has 1 aliphatic heterocycles. The van der Waals surface area contributed by atoms with E-state index in [0.717, 1.165) is 9.87 Å². The Morgan fingerprint density at radius 3 is 2.54 bits per heavy atom. The predicted molar refractivity (Wildman–Crippen MR) is 99.4 cm³/mol. The van der Waals surface area contributed by atoms with E-state index in [1.165, 1.54) is 12.1 Å². The van der Waals surface area contributed by atoms with Crippen LogP contribution >= 0.6 is 0 Å². The Morgan fingerprint density at radius 2 is 1.88 bits per heavy atom. The molecule has 0 bridgehead atoms. The zero-order chi connectivity index (χ0) is 18.7. The third-order valence-electron chi connectivity index (χ3n) is 4.25. The van der Waals surface area contributed by atoms with Crippen molar-refractivity contribution in [2.24, 2.45) is 5.92 Å². The number of anilines is 1. The summed E-state index contributed by atoms with van der Waals surface area (Å²) < 4.78 is 25.2. The van der Waals surface area contributed by atoms with Crippen LogP contribution in [0.2, 0.25) is 0 Å². The summed E-state index contributed by atoms with van der Waals surface area (Å²) in [5, 5.41) is 2.81. The summed E-state index contributed by atoms with van der Waals surface area (Å²) in [6, 6.07) is 15.9. The van der Waals surface area contributed by atoms with E-state index in [9.17, 15) is 18.0 Å². The lowest BCUT2D eigenvalue weighted by Gasteiger charge is -2.16. The van der Waals surface area contributed by atoms with Crippen LogP contribution in [0.15, 0.2) is 54.6 Å². The molecule has 6 nitrogen and oxygen atoms in total. The van der Waals surface area contributed by atoms with Gasteiger partial charge >= 0.3 is 0 Å². The molecule has 2 amide bonds. The van der Waals surface area contributed by atoms with Gasteiger partial charge in [-0.15, -0.1) is 0 Å². The maximum atomic E-state index is 12.3. The van der Waals surface area contributed by atoms with Crippen LogP contribution in [0.5, 0.6) is 0 Å². The molecule has 0 unspecified atom stereocenters. The number of hydrogen-bond acceptors (Lipinski definition) is 4. The van der Waals surface area contributed by atoms with Crippen LogP contribution in [0.25, 0.3) is 0 Å². The first-order chi connectivity index (χ1) is 12.4. The van der Waals surface area contributed by atoms with E-state index >= 15 is 0 Å². The van der Waals surface area contributed by atoms with Gasteiger partial charge in [-0.05, 0) is 30.2 Å². The number of rotatable bonds is 5. The molecule has 1 atom stereocenters. The second kappa shape index (κ2) is 7.29. The van der Waals surface area contributed by atoms with Crippen molar-refractivity contribution in [2.45, 2.75) is 13.3 Å². The first-order valence-corrected chi connectivity index (χ1v) is 9.98. The van der Waals surface area contributed by atoms with Crippen LogP contribution in [0.4, 0.5) is 5.69 Å². The maximum Gasteiger partial charge on any atom is 0.251 e. The monoisotopic (exact) mass is 372 g/mol.